The van der Waals surface area contributed by atoms with E-state index in [2.05, 4.69) is 30.6 Å². The van der Waals surface area contributed by atoms with Crippen LogP contribution < -0.4 is 10.6 Å². The van der Waals surface area contributed by atoms with Crippen molar-refractivity contribution < 1.29 is 23.9 Å². The summed E-state index contributed by atoms with van der Waals surface area (Å²) in [5.41, 5.74) is 2.95. The quantitative estimate of drug-likeness (QED) is 0.314. The summed E-state index contributed by atoms with van der Waals surface area (Å²) in [6, 6.07) is 16.1. The predicted octanol–water partition coefficient (Wildman–Crippen LogP) is 4.12. The van der Waals surface area contributed by atoms with E-state index < -0.39 is 23.7 Å². The van der Waals surface area contributed by atoms with Crippen LogP contribution in [0.15, 0.2) is 59.1 Å². The van der Waals surface area contributed by atoms with Crippen LogP contribution in [-0.4, -0.2) is 36.4 Å². The summed E-state index contributed by atoms with van der Waals surface area (Å²) in [5, 5.41) is 15.6. The number of methoxy groups -OCH3 is 1. The molecule has 0 saturated heterocycles. The molecule has 0 unspecified atom stereocenters. The van der Waals surface area contributed by atoms with Gasteiger partial charge in [-0.1, -0.05) is 49.9 Å². The number of nitrogens with zero attached hydrogens (tertiary/aromatic N) is 1. The molecule has 2 aromatic rings. The number of benzene rings is 2. The number of carbonyl (C=O) groups is 4. The first-order chi connectivity index (χ1) is 17.2. The number of ether oxygens (including phenoxy) is 1. The van der Waals surface area contributed by atoms with Crippen molar-refractivity contribution in [3.05, 3.63) is 75.8 Å². The Kier molecular flexibility index (Phi) is 8.67. The van der Waals surface area contributed by atoms with Crippen LogP contribution in [-0.2, 0) is 19.1 Å². The number of hydrogen-bond acceptors (Lipinski definition) is 7. The van der Waals surface area contributed by atoms with E-state index in [1.165, 1.54) is 14.0 Å². The first-order valence-corrected chi connectivity index (χ1v) is 12.3. The van der Waals surface area contributed by atoms with Gasteiger partial charge in [-0.3, -0.25) is 19.2 Å². The lowest BCUT2D eigenvalue weighted by Gasteiger charge is -2.31. The van der Waals surface area contributed by atoms with Crippen LogP contribution in [0.25, 0.3) is 0 Å². The van der Waals surface area contributed by atoms with Gasteiger partial charge in [0, 0.05) is 17.2 Å². The minimum absolute atomic E-state index is 0.0777. The SMILES string of the molecule is COC(=O)[C@H]1C(=O)NC(SCC(=O)Nc2ccc(C(C)=O)cc2)=C(C#N)[C@H]1c1ccc(C(C)C)cc1. The Labute approximate surface area is 214 Å². The topological polar surface area (TPSA) is 125 Å². The number of esters is 1. The molecular weight excluding hydrogens is 478 g/mol. The van der Waals surface area contributed by atoms with Gasteiger partial charge in [-0.25, -0.2) is 0 Å². The molecule has 186 valence electrons. The molecule has 2 aromatic carbocycles. The van der Waals surface area contributed by atoms with E-state index in [0.29, 0.717) is 22.7 Å². The van der Waals surface area contributed by atoms with Crippen LogP contribution in [0.1, 0.15) is 54.1 Å². The minimum Gasteiger partial charge on any atom is -0.468 e. The first-order valence-electron chi connectivity index (χ1n) is 11.3. The average molecular weight is 506 g/mol. The largest absolute Gasteiger partial charge is 0.468 e. The third-order valence-electron chi connectivity index (χ3n) is 5.87. The van der Waals surface area contributed by atoms with Crippen LogP contribution in [0.5, 0.6) is 0 Å². The second-order valence-electron chi connectivity index (χ2n) is 8.61. The zero-order chi connectivity index (χ0) is 26.4. The minimum atomic E-state index is -1.23. The van der Waals surface area contributed by atoms with Gasteiger partial charge in [-0.2, -0.15) is 5.26 Å². The summed E-state index contributed by atoms with van der Waals surface area (Å²) < 4.78 is 4.87. The molecule has 0 aliphatic carbocycles. The van der Waals surface area contributed by atoms with Gasteiger partial charge in [0.15, 0.2) is 5.78 Å². The highest BCUT2D eigenvalue weighted by Gasteiger charge is 2.44. The molecular formula is C27H27N3O5S. The Balaban J connectivity index is 1.86. The van der Waals surface area contributed by atoms with Crippen LogP contribution in [0.4, 0.5) is 5.69 Å². The van der Waals surface area contributed by atoms with Crippen molar-refractivity contribution in [2.24, 2.45) is 5.92 Å². The number of Topliss-reactive ketones (excluding diaryl/α,β-unsaturated/α-hetero) is 1. The molecule has 2 N–H and O–H groups in total. The second-order valence-corrected chi connectivity index (χ2v) is 9.60. The maximum Gasteiger partial charge on any atom is 0.319 e. The normalized spacial score (nSPS) is 17.3. The van der Waals surface area contributed by atoms with E-state index >= 15 is 0 Å². The lowest BCUT2D eigenvalue weighted by Crippen LogP contribution is -2.44. The first kappa shape index (κ1) is 26.7. The molecule has 1 heterocycles. The van der Waals surface area contributed by atoms with Crippen LogP contribution in [0.2, 0.25) is 0 Å². The zero-order valence-corrected chi connectivity index (χ0v) is 21.3. The van der Waals surface area contributed by atoms with E-state index in [9.17, 15) is 24.4 Å². The average Bonchev–Trinajstić information content (AvgIpc) is 2.86. The number of hydrogen-bond donors (Lipinski definition) is 2. The summed E-state index contributed by atoms with van der Waals surface area (Å²) in [5.74, 6) is -3.64. The number of amides is 2. The number of thioether (sulfide) groups is 1. The van der Waals surface area contributed by atoms with Gasteiger partial charge in [-0.05, 0) is 48.2 Å². The highest BCUT2D eigenvalue weighted by molar-refractivity contribution is 8.03. The van der Waals surface area contributed by atoms with Crippen LogP contribution >= 0.6 is 11.8 Å². The molecule has 8 nitrogen and oxygen atoms in total. The van der Waals surface area contributed by atoms with E-state index in [-0.39, 0.29) is 28.0 Å². The fourth-order valence-corrected chi connectivity index (χ4v) is 4.74. The van der Waals surface area contributed by atoms with Crippen molar-refractivity contribution in [1.29, 1.82) is 5.26 Å². The fourth-order valence-electron chi connectivity index (χ4n) is 3.89. The fraction of sp³-hybridized carbons (Fsp3) is 0.296. The number of anilines is 1. The zero-order valence-electron chi connectivity index (χ0n) is 20.5. The maximum atomic E-state index is 13.0. The van der Waals surface area contributed by atoms with Crippen molar-refractivity contribution in [3.8, 4) is 6.07 Å². The van der Waals surface area contributed by atoms with E-state index in [1.807, 2.05) is 24.3 Å². The Hall–Kier alpha value is -3.90. The van der Waals surface area contributed by atoms with E-state index in [1.54, 1.807) is 24.3 Å². The molecule has 2 amide bonds. The number of carbonyl (C=O) groups excluding carboxylic acids is 4. The number of nitriles is 1. The highest BCUT2D eigenvalue weighted by Crippen LogP contribution is 2.40. The van der Waals surface area contributed by atoms with Crippen molar-refractivity contribution in [2.45, 2.75) is 32.6 Å². The van der Waals surface area contributed by atoms with E-state index in [0.717, 1.165) is 17.3 Å². The summed E-state index contributed by atoms with van der Waals surface area (Å²) in [6.07, 6.45) is 0. The Morgan fingerprint density at radius 1 is 1.11 bits per heavy atom. The summed E-state index contributed by atoms with van der Waals surface area (Å²) in [6.45, 7) is 5.57. The number of allylic oxidation sites excluding steroid dienone is 1. The number of rotatable bonds is 8. The Morgan fingerprint density at radius 2 is 1.75 bits per heavy atom. The van der Waals surface area contributed by atoms with Gasteiger partial charge >= 0.3 is 5.97 Å². The molecule has 0 spiro atoms. The third-order valence-corrected chi connectivity index (χ3v) is 6.89. The third kappa shape index (κ3) is 6.01. The standard InChI is InChI=1S/C27H27N3O5S/c1-15(2)17-5-7-19(8-6-17)23-21(13-28)26(30-25(33)24(23)27(34)35-4)36-14-22(32)29-20-11-9-18(10-12-20)16(3)31/h5-12,15,23-24H,14H2,1-4H3,(H,29,32)(H,30,33)/t23-,24-/m1/s1. The molecule has 0 bridgehead atoms. The van der Waals surface area contributed by atoms with Gasteiger partial charge in [0.2, 0.25) is 11.8 Å². The summed E-state index contributed by atoms with van der Waals surface area (Å²) >= 11 is 1.00. The van der Waals surface area contributed by atoms with Gasteiger partial charge < -0.3 is 15.4 Å². The molecule has 0 radical (unpaired) electrons. The lowest BCUT2D eigenvalue weighted by atomic mass is 9.78. The monoisotopic (exact) mass is 505 g/mol. The lowest BCUT2D eigenvalue weighted by molar-refractivity contribution is -0.150. The molecule has 0 fully saturated rings. The molecule has 1 aliphatic rings. The number of nitrogens with one attached hydrogen (secondary N) is 2. The van der Waals surface area contributed by atoms with Crippen molar-refractivity contribution in [1.82, 2.24) is 5.32 Å². The van der Waals surface area contributed by atoms with Crippen LogP contribution in [0.3, 0.4) is 0 Å². The maximum absolute atomic E-state index is 13.0. The van der Waals surface area contributed by atoms with Gasteiger partial charge in [0.05, 0.1) is 29.5 Å². The molecule has 3 rings (SSSR count). The molecule has 0 saturated carbocycles. The molecule has 2 atom stereocenters. The summed E-state index contributed by atoms with van der Waals surface area (Å²) in [7, 11) is 1.20. The summed E-state index contributed by atoms with van der Waals surface area (Å²) in [4.78, 5) is 49.4. The molecule has 36 heavy (non-hydrogen) atoms. The second kappa shape index (κ2) is 11.7. The molecule has 9 heteroatoms. The highest BCUT2D eigenvalue weighted by atomic mass is 32.2. The van der Waals surface area contributed by atoms with Gasteiger partial charge in [-0.15, -0.1) is 0 Å². The Morgan fingerprint density at radius 3 is 2.28 bits per heavy atom. The van der Waals surface area contributed by atoms with Gasteiger partial charge in [0.25, 0.3) is 0 Å². The predicted molar refractivity (Wildman–Crippen MR) is 137 cm³/mol. The van der Waals surface area contributed by atoms with Crippen molar-refractivity contribution >= 4 is 41.0 Å². The van der Waals surface area contributed by atoms with E-state index in [4.69, 9.17) is 4.74 Å². The smallest absolute Gasteiger partial charge is 0.319 e. The van der Waals surface area contributed by atoms with Crippen molar-refractivity contribution in [3.63, 3.8) is 0 Å². The Bertz CT molecular complexity index is 1240. The number of ketones is 1. The molecule has 1 aliphatic heterocycles. The van der Waals surface area contributed by atoms with Crippen LogP contribution in [0, 0.1) is 17.2 Å². The van der Waals surface area contributed by atoms with Crippen molar-refractivity contribution in [2.75, 3.05) is 18.2 Å². The van der Waals surface area contributed by atoms with Gasteiger partial charge in [0.1, 0.15) is 5.92 Å². The molecule has 0 aromatic heterocycles.